The minimum absolute atomic E-state index is 0.205. The zero-order valence-corrected chi connectivity index (χ0v) is 14.7. The summed E-state index contributed by atoms with van der Waals surface area (Å²) < 4.78 is 0. The molecule has 0 radical (unpaired) electrons. The number of para-hydroxylation sites is 1. The highest BCUT2D eigenvalue weighted by Gasteiger charge is 2.17. The lowest BCUT2D eigenvalue weighted by atomic mass is 10.1. The molecule has 0 aliphatic carbocycles. The average molecular weight is 370 g/mol. The SMILES string of the molecule is Cc1cccc2c1[nH]c1c(-c3ccc(Cl)c(Cl)c3)nc(C(N)=O)cc12. The Morgan fingerprint density at radius 2 is 1.84 bits per heavy atom. The number of nitrogens with two attached hydrogens (primary N) is 1. The number of nitrogens with zero attached hydrogens (tertiary/aromatic N) is 1. The molecule has 124 valence electrons. The normalized spacial score (nSPS) is 11.3. The number of fused-ring (bicyclic) bond motifs is 3. The summed E-state index contributed by atoms with van der Waals surface area (Å²) in [6.07, 6.45) is 0. The summed E-state index contributed by atoms with van der Waals surface area (Å²) >= 11 is 12.2. The molecule has 2 aromatic carbocycles. The zero-order chi connectivity index (χ0) is 17.7. The van der Waals surface area contributed by atoms with Crippen LogP contribution in [0.2, 0.25) is 10.0 Å². The fraction of sp³-hybridized carbons (Fsp3) is 0.0526. The molecule has 2 heterocycles. The summed E-state index contributed by atoms with van der Waals surface area (Å²) in [5.41, 5.74) is 10.00. The molecule has 0 saturated heterocycles. The van der Waals surface area contributed by atoms with Gasteiger partial charge in [0.15, 0.2) is 0 Å². The molecule has 0 spiro atoms. The van der Waals surface area contributed by atoms with Gasteiger partial charge in [0.05, 0.1) is 21.3 Å². The predicted molar refractivity (Wildman–Crippen MR) is 102 cm³/mol. The molecule has 0 aliphatic heterocycles. The summed E-state index contributed by atoms with van der Waals surface area (Å²) in [6.45, 7) is 2.03. The van der Waals surface area contributed by atoms with E-state index in [0.29, 0.717) is 15.7 Å². The Hall–Kier alpha value is -2.56. The second-order valence-electron chi connectivity index (χ2n) is 5.89. The summed E-state index contributed by atoms with van der Waals surface area (Å²) in [5, 5.41) is 2.79. The van der Waals surface area contributed by atoms with Crippen LogP contribution in [0.1, 0.15) is 16.1 Å². The smallest absolute Gasteiger partial charge is 0.267 e. The van der Waals surface area contributed by atoms with Gasteiger partial charge in [0.1, 0.15) is 5.69 Å². The van der Waals surface area contributed by atoms with E-state index in [2.05, 4.69) is 9.97 Å². The van der Waals surface area contributed by atoms with E-state index in [1.54, 1.807) is 18.2 Å². The van der Waals surface area contributed by atoms with Crippen LogP contribution in [0.4, 0.5) is 0 Å². The van der Waals surface area contributed by atoms with E-state index in [1.165, 1.54) is 0 Å². The Balaban J connectivity index is 2.14. The van der Waals surface area contributed by atoms with Crippen molar-refractivity contribution in [3.05, 3.63) is 63.8 Å². The largest absolute Gasteiger partial charge is 0.364 e. The maximum absolute atomic E-state index is 11.8. The van der Waals surface area contributed by atoms with Crippen molar-refractivity contribution in [3.63, 3.8) is 0 Å². The van der Waals surface area contributed by atoms with E-state index in [-0.39, 0.29) is 5.69 Å². The maximum Gasteiger partial charge on any atom is 0.267 e. The predicted octanol–water partition coefficient (Wildman–Crippen LogP) is 5.10. The fourth-order valence-electron chi connectivity index (χ4n) is 3.05. The lowest BCUT2D eigenvalue weighted by molar-refractivity contribution is 0.0996. The summed E-state index contributed by atoms with van der Waals surface area (Å²) in [7, 11) is 0. The second kappa shape index (κ2) is 5.76. The number of hydrogen-bond acceptors (Lipinski definition) is 2. The number of aromatic nitrogens is 2. The Labute approximate surface area is 153 Å². The lowest BCUT2D eigenvalue weighted by Crippen LogP contribution is -2.13. The monoisotopic (exact) mass is 369 g/mol. The number of hydrogen-bond donors (Lipinski definition) is 2. The van der Waals surface area contributed by atoms with E-state index in [0.717, 1.165) is 32.9 Å². The van der Waals surface area contributed by atoms with E-state index >= 15 is 0 Å². The van der Waals surface area contributed by atoms with Crippen LogP contribution in [0, 0.1) is 6.92 Å². The number of primary amides is 1. The van der Waals surface area contributed by atoms with Gasteiger partial charge in [-0.15, -0.1) is 0 Å². The molecule has 1 amide bonds. The third kappa shape index (κ3) is 2.54. The van der Waals surface area contributed by atoms with Crippen LogP contribution < -0.4 is 5.73 Å². The molecule has 0 atom stereocenters. The quantitative estimate of drug-likeness (QED) is 0.515. The molecular formula is C19H13Cl2N3O. The van der Waals surface area contributed by atoms with Crippen LogP contribution in [0.15, 0.2) is 42.5 Å². The molecule has 0 aliphatic rings. The number of aryl methyl sites for hydroxylation is 1. The van der Waals surface area contributed by atoms with Crippen molar-refractivity contribution in [1.82, 2.24) is 9.97 Å². The van der Waals surface area contributed by atoms with Crippen LogP contribution in [-0.2, 0) is 0 Å². The molecule has 6 heteroatoms. The fourth-order valence-corrected chi connectivity index (χ4v) is 3.34. The Kier molecular flexibility index (Phi) is 3.67. The van der Waals surface area contributed by atoms with Gasteiger partial charge in [-0.05, 0) is 30.7 Å². The number of aromatic amines is 1. The Bertz CT molecular complexity index is 1160. The molecule has 0 saturated carbocycles. The van der Waals surface area contributed by atoms with Crippen molar-refractivity contribution >= 4 is 50.9 Å². The number of halogens is 2. The number of carbonyl (C=O) groups excluding carboxylic acids is 1. The molecule has 2 aromatic heterocycles. The number of H-pyrrole nitrogens is 1. The van der Waals surface area contributed by atoms with Crippen LogP contribution in [-0.4, -0.2) is 15.9 Å². The maximum atomic E-state index is 11.8. The Morgan fingerprint density at radius 3 is 2.56 bits per heavy atom. The number of nitrogens with one attached hydrogen (secondary N) is 1. The topological polar surface area (TPSA) is 71.8 Å². The molecule has 0 unspecified atom stereocenters. The van der Waals surface area contributed by atoms with Gasteiger partial charge in [0, 0.05) is 21.9 Å². The third-order valence-corrected chi connectivity index (χ3v) is 5.02. The van der Waals surface area contributed by atoms with Gasteiger partial charge in [0.2, 0.25) is 0 Å². The minimum atomic E-state index is -0.579. The molecule has 25 heavy (non-hydrogen) atoms. The van der Waals surface area contributed by atoms with Crippen molar-refractivity contribution in [2.24, 2.45) is 5.73 Å². The van der Waals surface area contributed by atoms with Gasteiger partial charge in [-0.3, -0.25) is 4.79 Å². The Morgan fingerprint density at radius 1 is 1.04 bits per heavy atom. The molecule has 4 rings (SSSR count). The van der Waals surface area contributed by atoms with Crippen molar-refractivity contribution in [2.45, 2.75) is 6.92 Å². The number of amides is 1. The van der Waals surface area contributed by atoms with Crippen LogP contribution >= 0.6 is 23.2 Å². The van der Waals surface area contributed by atoms with E-state index in [4.69, 9.17) is 28.9 Å². The van der Waals surface area contributed by atoms with E-state index in [1.807, 2.05) is 31.2 Å². The van der Waals surface area contributed by atoms with E-state index < -0.39 is 5.91 Å². The van der Waals surface area contributed by atoms with Crippen molar-refractivity contribution in [3.8, 4) is 11.3 Å². The van der Waals surface area contributed by atoms with Gasteiger partial charge in [-0.2, -0.15) is 0 Å². The molecule has 4 aromatic rings. The van der Waals surface area contributed by atoms with Crippen molar-refractivity contribution < 1.29 is 4.79 Å². The number of pyridine rings is 1. The first kappa shape index (κ1) is 15.9. The molecule has 0 bridgehead atoms. The van der Waals surface area contributed by atoms with Gasteiger partial charge < -0.3 is 10.7 Å². The van der Waals surface area contributed by atoms with E-state index in [9.17, 15) is 4.79 Å². The number of benzene rings is 2. The van der Waals surface area contributed by atoms with Gasteiger partial charge in [-0.25, -0.2) is 4.98 Å². The molecule has 0 fully saturated rings. The van der Waals surface area contributed by atoms with Crippen molar-refractivity contribution in [2.75, 3.05) is 0 Å². The van der Waals surface area contributed by atoms with Crippen molar-refractivity contribution in [1.29, 1.82) is 0 Å². The third-order valence-electron chi connectivity index (χ3n) is 4.28. The first-order chi connectivity index (χ1) is 12.0. The second-order valence-corrected chi connectivity index (χ2v) is 6.71. The lowest BCUT2D eigenvalue weighted by Gasteiger charge is -2.07. The number of rotatable bonds is 2. The standard InChI is InChI=1S/C19H13Cl2N3O/c1-9-3-2-4-11-12-8-15(19(22)25)23-17(18(12)24-16(9)11)10-5-6-13(20)14(21)7-10/h2-8,24H,1H3,(H2,22,25). The molecule has 4 nitrogen and oxygen atoms in total. The highest BCUT2D eigenvalue weighted by atomic mass is 35.5. The summed E-state index contributed by atoms with van der Waals surface area (Å²) in [6, 6.07) is 13.0. The molecular weight excluding hydrogens is 357 g/mol. The van der Waals surface area contributed by atoms with Gasteiger partial charge in [-0.1, -0.05) is 47.5 Å². The highest BCUT2D eigenvalue weighted by Crippen LogP contribution is 2.35. The van der Waals surface area contributed by atoms with Crippen LogP contribution in [0.25, 0.3) is 33.1 Å². The highest BCUT2D eigenvalue weighted by molar-refractivity contribution is 6.42. The average Bonchev–Trinajstić information content (AvgIpc) is 2.97. The van der Waals surface area contributed by atoms with Gasteiger partial charge in [0.25, 0.3) is 5.91 Å². The van der Waals surface area contributed by atoms with Crippen LogP contribution in [0.3, 0.4) is 0 Å². The minimum Gasteiger partial charge on any atom is -0.364 e. The zero-order valence-electron chi connectivity index (χ0n) is 13.2. The van der Waals surface area contributed by atoms with Crippen LogP contribution in [0.5, 0.6) is 0 Å². The van der Waals surface area contributed by atoms with Gasteiger partial charge >= 0.3 is 0 Å². The first-order valence-corrected chi connectivity index (χ1v) is 8.38. The summed E-state index contributed by atoms with van der Waals surface area (Å²) in [4.78, 5) is 19.7. The molecule has 3 N–H and O–H groups in total. The number of carbonyl (C=O) groups is 1. The first-order valence-electron chi connectivity index (χ1n) is 7.63. The summed E-state index contributed by atoms with van der Waals surface area (Å²) in [5.74, 6) is -0.579.